The van der Waals surface area contributed by atoms with Gasteiger partial charge in [-0.2, -0.15) is 0 Å². The SMILES string of the molecule is CCCC[C@@H](/C=C/c1ccccc1)C(=O)c1ccccc1SC. The van der Waals surface area contributed by atoms with E-state index in [0.717, 1.165) is 35.3 Å². The monoisotopic (exact) mass is 324 g/mol. The van der Waals surface area contributed by atoms with E-state index in [1.165, 1.54) is 0 Å². The molecule has 1 nitrogen and oxygen atoms in total. The maximum Gasteiger partial charge on any atom is 0.170 e. The summed E-state index contributed by atoms with van der Waals surface area (Å²) < 4.78 is 0. The molecule has 0 saturated heterocycles. The molecule has 0 aliphatic carbocycles. The molecule has 0 unspecified atom stereocenters. The van der Waals surface area contributed by atoms with Gasteiger partial charge in [0.2, 0.25) is 0 Å². The van der Waals surface area contributed by atoms with Gasteiger partial charge in [0, 0.05) is 16.4 Å². The molecule has 0 aliphatic rings. The lowest BCUT2D eigenvalue weighted by atomic mass is 9.91. The van der Waals surface area contributed by atoms with Gasteiger partial charge in [-0.1, -0.05) is 80.4 Å². The molecule has 1 atom stereocenters. The first-order chi connectivity index (χ1) is 11.3. The predicted molar refractivity (Wildman–Crippen MR) is 101 cm³/mol. The Balaban J connectivity index is 2.23. The number of ketones is 1. The largest absolute Gasteiger partial charge is 0.293 e. The molecule has 0 bridgehead atoms. The van der Waals surface area contributed by atoms with Gasteiger partial charge < -0.3 is 0 Å². The fraction of sp³-hybridized carbons (Fsp3) is 0.286. The summed E-state index contributed by atoms with van der Waals surface area (Å²) in [5, 5.41) is 0. The topological polar surface area (TPSA) is 17.1 Å². The van der Waals surface area contributed by atoms with Gasteiger partial charge in [-0.05, 0) is 24.3 Å². The summed E-state index contributed by atoms with van der Waals surface area (Å²) in [4.78, 5) is 14.0. The van der Waals surface area contributed by atoms with Crippen molar-refractivity contribution in [1.29, 1.82) is 0 Å². The zero-order valence-electron chi connectivity index (χ0n) is 13.9. The number of Topliss-reactive ketones (excluding diaryl/α,β-unsaturated/α-hetero) is 1. The number of benzene rings is 2. The van der Waals surface area contributed by atoms with Crippen LogP contribution in [0.3, 0.4) is 0 Å². The van der Waals surface area contributed by atoms with Crippen LogP contribution >= 0.6 is 11.8 Å². The van der Waals surface area contributed by atoms with Crippen molar-refractivity contribution < 1.29 is 4.79 Å². The van der Waals surface area contributed by atoms with Gasteiger partial charge in [0.25, 0.3) is 0 Å². The van der Waals surface area contributed by atoms with Crippen molar-refractivity contribution in [3.8, 4) is 0 Å². The number of unbranched alkanes of at least 4 members (excludes halogenated alkanes) is 1. The Morgan fingerprint density at radius 3 is 2.48 bits per heavy atom. The van der Waals surface area contributed by atoms with E-state index >= 15 is 0 Å². The van der Waals surface area contributed by atoms with Crippen LogP contribution in [0.4, 0.5) is 0 Å². The molecule has 2 rings (SSSR count). The summed E-state index contributed by atoms with van der Waals surface area (Å²) in [7, 11) is 0. The van der Waals surface area contributed by atoms with Crippen LogP contribution in [0.25, 0.3) is 6.08 Å². The van der Waals surface area contributed by atoms with E-state index in [1.54, 1.807) is 11.8 Å². The van der Waals surface area contributed by atoms with Crippen molar-refractivity contribution in [2.24, 2.45) is 5.92 Å². The minimum atomic E-state index is -0.0524. The fourth-order valence-electron chi connectivity index (χ4n) is 2.58. The fourth-order valence-corrected chi connectivity index (χ4v) is 3.18. The zero-order valence-corrected chi connectivity index (χ0v) is 14.7. The normalized spacial score (nSPS) is 12.4. The first kappa shape index (κ1) is 17.6. The molecule has 2 aromatic rings. The first-order valence-electron chi connectivity index (χ1n) is 8.16. The highest BCUT2D eigenvalue weighted by molar-refractivity contribution is 7.98. The standard InChI is InChI=1S/C21H24OS/c1-3-4-12-18(16-15-17-10-6-5-7-11-17)21(22)19-13-8-9-14-20(19)23-2/h5-11,13-16,18H,3-4,12H2,1-2H3/b16-15+/t18-/m0/s1. The highest BCUT2D eigenvalue weighted by atomic mass is 32.2. The van der Waals surface area contributed by atoms with Crippen molar-refractivity contribution in [2.45, 2.75) is 31.1 Å². The molecule has 0 spiro atoms. The van der Waals surface area contributed by atoms with E-state index < -0.39 is 0 Å². The third-order valence-corrected chi connectivity index (χ3v) is 4.69. The molecule has 0 saturated carbocycles. The van der Waals surface area contributed by atoms with Crippen LogP contribution in [0.2, 0.25) is 0 Å². The third kappa shape index (κ3) is 5.11. The van der Waals surface area contributed by atoms with E-state index in [9.17, 15) is 4.79 Å². The van der Waals surface area contributed by atoms with Crippen LogP contribution in [0, 0.1) is 5.92 Å². The second-order valence-corrected chi connectivity index (χ2v) is 6.43. The highest BCUT2D eigenvalue weighted by Crippen LogP contribution is 2.25. The summed E-state index contributed by atoms with van der Waals surface area (Å²) in [6.45, 7) is 2.16. The number of carbonyl (C=O) groups is 1. The molecule has 0 aliphatic heterocycles. The molecule has 2 heteroatoms. The van der Waals surface area contributed by atoms with Gasteiger partial charge in [0.1, 0.15) is 0 Å². The van der Waals surface area contributed by atoms with Gasteiger partial charge in [0.05, 0.1) is 0 Å². The van der Waals surface area contributed by atoms with Gasteiger partial charge in [-0.25, -0.2) is 0 Å². The molecule has 23 heavy (non-hydrogen) atoms. The van der Waals surface area contributed by atoms with Crippen molar-refractivity contribution in [1.82, 2.24) is 0 Å². The van der Waals surface area contributed by atoms with Crippen LogP contribution in [0.15, 0.2) is 65.6 Å². The molecule has 0 heterocycles. The molecular formula is C21H24OS. The first-order valence-corrected chi connectivity index (χ1v) is 9.39. The third-order valence-electron chi connectivity index (χ3n) is 3.90. The smallest absolute Gasteiger partial charge is 0.170 e. The van der Waals surface area contributed by atoms with E-state index in [2.05, 4.69) is 31.2 Å². The van der Waals surface area contributed by atoms with Crippen LogP contribution in [-0.4, -0.2) is 12.0 Å². The zero-order chi connectivity index (χ0) is 16.5. The van der Waals surface area contributed by atoms with Gasteiger partial charge in [0.15, 0.2) is 5.78 Å². The van der Waals surface area contributed by atoms with Crippen molar-refractivity contribution in [3.63, 3.8) is 0 Å². The number of hydrogen-bond acceptors (Lipinski definition) is 2. The Bertz CT molecular complexity index is 646. The Morgan fingerprint density at radius 1 is 1.09 bits per heavy atom. The van der Waals surface area contributed by atoms with E-state index in [4.69, 9.17) is 0 Å². The average molecular weight is 324 g/mol. The van der Waals surface area contributed by atoms with Gasteiger partial charge in [-0.15, -0.1) is 11.8 Å². The second-order valence-electron chi connectivity index (χ2n) is 5.58. The van der Waals surface area contributed by atoms with E-state index in [0.29, 0.717) is 0 Å². The minimum Gasteiger partial charge on any atom is -0.293 e. The summed E-state index contributed by atoms with van der Waals surface area (Å²) >= 11 is 1.63. The Kier molecular flexibility index (Phi) is 7.15. The number of thioether (sulfide) groups is 1. The lowest BCUT2D eigenvalue weighted by molar-refractivity contribution is 0.0936. The molecular weight excluding hydrogens is 300 g/mol. The summed E-state index contributed by atoms with van der Waals surface area (Å²) in [6.07, 6.45) is 9.24. The lowest BCUT2D eigenvalue weighted by Gasteiger charge is -2.14. The number of allylic oxidation sites excluding steroid dienone is 1. The second kappa shape index (κ2) is 9.36. The maximum absolute atomic E-state index is 13.0. The van der Waals surface area contributed by atoms with E-state index in [-0.39, 0.29) is 11.7 Å². The lowest BCUT2D eigenvalue weighted by Crippen LogP contribution is -2.13. The average Bonchev–Trinajstić information content (AvgIpc) is 2.62. The predicted octanol–water partition coefficient (Wildman–Crippen LogP) is 6.11. The Hall–Kier alpha value is -1.80. The Morgan fingerprint density at radius 2 is 1.78 bits per heavy atom. The van der Waals surface area contributed by atoms with Crippen LogP contribution < -0.4 is 0 Å². The van der Waals surface area contributed by atoms with Crippen LogP contribution in [0.5, 0.6) is 0 Å². The van der Waals surface area contributed by atoms with Crippen molar-refractivity contribution in [2.75, 3.05) is 6.26 Å². The van der Waals surface area contributed by atoms with Gasteiger partial charge in [-0.3, -0.25) is 4.79 Å². The molecule has 120 valence electrons. The molecule has 0 aromatic heterocycles. The van der Waals surface area contributed by atoms with E-state index in [1.807, 2.05) is 48.7 Å². The molecule has 0 fully saturated rings. The quantitative estimate of drug-likeness (QED) is 0.430. The minimum absolute atomic E-state index is 0.0524. The summed E-state index contributed by atoms with van der Waals surface area (Å²) in [5.41, 5.74) is 1.98. The van der Waals surface area contributed by atoms with Crippen LogP contribution in [-0.2, 0) is 0 Å². The maximum atomic E-state index is 13.0. The summed E-state index contributed by atoms with van der Waals surface area (Å²) in [5.74, 6) is 0.180. The van der Waals surface area contributed by atoms with Crippen molar-refractivity contribution >= 4 is 23.6 Å². The molecule has 0 radical (unpaired) electrons. The number of rotatable bonds is 8. The van der Waals surface area contributed by atoms with Crippen LogP contribution in [0.1, 0.15) is 42.1 Å². The van der Waals surface area contributed by atoms with Crippen molar-refractivity contribution in [3.05, 3.63) is 71.8 Å². The van der Waals surface area contributed by atoms with Gasteiger partial charge >= 0.3 is 0 Å². The number of carbonyl (C=O) groups excluding carboxylic acids is 1. The Labute approximate surface area is 143 Å². The molecule has 0 amide bonds. The highest BCUT2D eigenvalue weighted by Gasteiger charge is 2.19. The molecule has 2 aromatic carbocycles. The summed E-state index contributed by atoms with van der Waals surface area (Å²) in [6, 6.07) is 18.1. The molecule has 0 N–H and O–H groups in total. The number of hydrogen-bond donors (Lipinski definition) is 0.